The van der Waals surface area contributed by atoms with Crippen molar-refractivity contribution in [2.24, 2.45) is 12.0 Å². The Morgan fingerprint density at radius 3 is 2.89 bits per heavy atom. The normalized spacial score (nSPS) is 17.9. The zero-order chi connectivity index (χ0) is 19.4. The minimum absolute atomic E-state index is 0.0164. The Hall–Kier alpha value is -2.54. The highest BCUT2D eigenvalue weighted by molar-refractivity contribution is 5.80. The number of benzene rings is 1. The molecule has 7 heteroatoms. The second-order valence-electron chi connectivity index (χ2n) is 7.18. The Kier molecular flexibility index (Phi) is 6.01. The van der Waals surface area contributed by atoms with E-state index in [0.717, 1.165) is 31.2 Å². The van der Waals surface area contributed by atoms with Crippen molar-refractivity contribution in [2.45, 2.75) is 19.6 Å². The van der Waals surface area contributed by atoms with Gasteiger partial charge in [-0.25, -0.2) is 0 Å². The third-order valence-electron chi connectivity index (χ3n) is 4.83. The molecule has 3 rings (SSSR count). The summed E-state index contributed by atoms with van der Waals surface area (Å²) in [4.78, 5) is 8.90. The fourth-order valence-electron chi connectivity index (χ4n) is 3.40. The Morgan fingerprint density at radius 1 is 1.41 bits per heavy atom. The second kappa shape index (κ2) is 8.43. The van der Waals surface area contributed by atoms with Gasteiger partial charge in [-0.1, -0.05) is 12.1 Å². The van der Waals surface area contributed by atoms with Gasteiger partial charge in [-0.05, 0) is 24.1 Å². The van der Waals surface area contributed by atoms with E-state index in [-0.39, 0.29) is 6.10 Å². The topological polar surface area (TPSA) is 57.9 Å². The van der Waals surface area contributed by atoms with Gasteiger partial charge in [0.05, 0.1) is 19.3 Å². The number of hydrogen-bond acceptors (Lipinski definition) is 4. The number of guanidine groups is 1. The van der Waals surface area contributed by atoms with Gasteiger partial charge in [0.15, 0.2) is 5.96 Å². The lowest BCUT2D eigenvalue weighted by Crippen LogP contribution is -2.48. The maximum atomic E-state index is 5.94. The van der Waals surface area contributed by atoms with E-state index in [9.17, 15) is 0 Å². The molecule has 2 aromatic rings. The van der Waals surface area contributed by atoms with Crippen LogP contribution in [0.1, 0.15) is 22.8 Å². The van der Waals surface area contributed by atoms with E-state index < -0.39 is 0 Å². The number of rotatable bonds is 4. The third-order valence-corrected chi connectivity index (χ3v) is 4.83. The molecular formula is C20H30N6O. The highest BCUT2D eigenvalue weighted by Gasteiger charge is 2.25. The first-order chi connectivity index (χ1) is 13.0. The Balaban J connectivity index is 1.67. The summed E-state index contributed by atoms with van der Waals surface area (Å²) in [5, 5.41) is 7.78. The van der Waals surface area contributed by atoms with Crippen LogP contribution in [0, 0.1) is 6.92 Å². The summed E-state index contributed by atoms with van der Waals surface area (Å²) in [5.41, 5.74) is 4.85. The van der Waals surface area contributed by atoms with Crippen LogP contribution in [0.4, 0.5) is 5.69 Å². The Bertz CT molecular complexity index is 798. The fourth-order valence-corrected chi connectivity index (χ4v) is 3.40. The first kappa shape index (κ1) is 19.2. The van der Waals surface area contributed by atoms with Crippen molar-refractivity contribution in [1.29, 1.82) is 0 Å². The molecule has 0 saturated carbocycles. The molecule has 1 unspecified atom stereocenters. The Labute approximate surface area is 161 Å². The zero-order valence-corrected chi connectivity index (χ0v) is 16.9. The van der Waals surface area contributed by atoms with Gasteiger partial charge in [0.2, 0.25) is 0 Å². The molecule has 1 saturated heterocycles. The summed E-state index contributed by atoms with van der Waals surface area (Å²) in [6, 6.07) is 6.55. The van der Waals surface area contributed by atoms with Crippen LogP contribution in [0.5, 0.6) is 0 Å². The summed E-state index contributed by atoms with van der Waals surface area (Å²) < 4.78 is 7.75. The average molecular weight is 371 g/mol. The van der Waals surface area contributed by atoms with E-state index >= 15 is 0 Å². The molecule has 1 atom stereocenters. The van der Waals surface area contributed by atoms with Gasteiger partial charge in [0.25, 0.3) is 0 Å². The van der Waals surface area contributed by atoms with Gasteiger partial charge < -0.3 is 19.9 Å². The summed E-state index contributed by atoms with van der Waals surface area (Å²) in [5.74, 6) is 0.900. The molecule has 1 aliphatic rings. The van der Waals surface area contributed by atoms with Crippen molar-refractivity contribution in [3.05, 3.63) is 47.3 Å². The molecule has 0 amide bonds. The summed E-state index contributed by atoms with van der Waals surface area (Å²) in [6.45, 7) is 5.11. The molecule has 1 aliphatic heterocycles. The van der Waals surface area contributed by atoms with Gasteiger partial charge in [0.1, 0.15) is 6.10 Å². The summed E-state index contributed by atoms with van der Waals surface area (Å²) >= 11 is 0. The van der Waals surface area contributed by atoms with Crippen molar-refractivity contribution >= 4 is 11.6 Å². The predicted octanol–water partition coefficient (Wildman–Crippen LogP) is 1.94. The number of hydrogen-bond donors (Lipinski definition) is 1. The van der Waals surface area contributed by atoms with E-state index in [1.54, 1.807) is 0 Å². The van der Waals surface area contributed by atoms with E-state index in [4.69, 9.17) is 4.74 Å². The van der Waals surface area contributed by atoms with E-state index in [1.807, 2.05) is 31.2 Å². The van der Waals surface area contributed by atoms with Crippen LogP contribution in [0.25, 0.3) is 0 Å². The van der Waals surface area contributed by atoms with E-state index in [1.165, 1.54) is 16.8 Å². The van der Waals surface area contributed by atoms with Crippen molar-refractivity contribution in [1.82, 2.24) is 20.0 Å². The van der Waals surface area contributed by atoms with Crippen LogP contribution in [-0.2, 0) is 18.3 Å². The summed E-state index contributed by atoms with van der Waals surface area (Å²) in [6.07, 6.45) is 3.91. The number of nitrogens with one attached hydrogen (secondary N) is 1. The van der Waals surface area contributed by atoms with Crippen molar-refractivity contribution in [2.75, 3.05) is 45.7 Å². The van der Waals surface area contributed by atoms with Crippen LogP contribution in [0.15, 0.2) is 35.6 Å². The molecule has 0 aliphatic carbocycles. The number of anilines is 1. The first-order valence-corrected chi connectivity index (χ1v) is 9.30. The van der Waals surface area contributed by atoms with Crippen molar-refractivity contribution in [3.63, 3.8) is 0 Å². The molecule has 0 bridgehead atoms. The van der Waals surface area contributed by atoms with Crippen LogP contribution < -0.4 is 10.2 Å². The number of morpholine rings is 1. The van der Waals surface area contributed by atoms with E-state index in [0.29, 0.717) is 6.61 Å². The molecule has 27 heavy (non-hydrogen) atoms. The highest BCUT2D eigenvalue weighted by Crippen LogP contribution is 2.23. The van der Waals surface area contributed by atoms with Crippen molar-refractivity contribution in [3.8, 4) is 0 Å². The molecule has 7 nitrogen and oxygen atoms in total. The maximum absolute atomic E-state index is 5.94. The average Bonchev–Trinajstić information content (AvgIpc) is 3.10. The highest BCUT2D eigenvalue weighted by atomic mass is 16.5. The lowest BCUT2D eigenvalue weighted by molar-refractivity contribution is -0.00805. The molecule has 1 fully saturated rings. The molecular weight excluding hydrogens is 340 g/mol. The number of aliphatic imine (C=N–C) groups is 1. The van der Waals surface area contributed by atoms with Crippen molar-refractivity contribution < 1.29 is 4.74 Å². The number of ether oxygens (including phenoxy) is 1. The standard InChI is InChI=1S/C20H30N6O/c1-15-6-7-16(18(10-15)24(3)4)11-22-20(21-2)26-8-9-27-19(14-26)17-12-23-25(5)13-17/h6-7,10,12-13,19H,8-9,11,14H2,1-5H3,(H,21,22). The van der Waals surface area contributed by atoms with Gasteiger partial charge in [-0.2, -0.15) is 5.10 Å². The van der Waals surface area contributed by atoms with E-state index in [2.05, 4.69) is 64.4 Å². The SMILES string of the molecule is CN=C(NCc1ccc(C)cc1N(C)C)N1CCOC(c2cnn(C)c2)C1. The molecule has 1 aromatic carbocycles. The zero-order valence-electron chi connectivity index (χ0n) is 16.9. The Morgan fingerprint density at radius 2 is 2.22 bits per heavy atom. The van der Waals surface area contributed by atoms with Crippen LogP contribution >= 0.6 is 0 Å². The van der Waals surface area contributed by atoms with Gasteiger partial charge in [-0.3, -0.25) is 9.67 Å². The molecule has 0 radical (unpaired) electrons. The van der Waals surface area contributed by atoms with Gasteiger partial charge in [0, 0.05) is 58.7 Å². The lowest BCUT2D eigenvalue weighted by Gasteiger charge is -2.35. The summed E-state index contributed by atoms with van der Waals surface area (Å²) in [7, 11) is 7.91. The molecule has 146 valence electrons. The minimum Gasteiger partial charge on any atom is -0.377 e. The minimum atomic E-state index is 0.0164. The molecule has 0 spiro atoms. The number of nitrogens with zero attached hydrogens (tertiary/aromatic N) is 5. The van der Waals surface area contributed by atoms with Crippen LogP contribution in [0.3, 0.4) is 0 Å². The van der Waals surface area contributed by atoms with Crippen LogP contribution in [0.2, 0.25) is 0 Å². The lowest BCUT2D eigenvalue weighted by atomic mass is 10.1. The smallest absolute Gasteiger partial charge is 0.194 e. The first-order valence-electron chi connectivity index (χ1n) is 9.30. The molecule has 2 heterocycles. The second-order valence-corrected chi connectivity index (χ2v) is 7.18. The monoisotopic (exact) mass is 370 g/mol. The third kappa shape index (κ3) is 4.60. The number of aromatic nitrogens is 2. The van der Waals surface area contributed by atoms with Gasteiger partial charge >= 0.3 is 0 Å². The molecule has 1 aromatic heterocycles. The predicted molar refractivity (Wildman–Crippen MR) is 109 cm³/mol. The van der Waals surface area contributed by atoms with Gasteiger partial charge in [-0.15, -0.1) is 0 Å². The molecule has 1 N–H and O–H groups in total. The maximum Gasteiger partial charge on any atom is 0.194 e. The quantitative estimate of drug-likeness (QED) is 0.658. The fraction of sp³-hybridized carbons (Fsp3) is 0.500. The van der Waals surface area contributed by atoms with Crippen LogP contribution in [-0.4, -0.2) is 61.5 Å². The largest absolute Gasteiger partial charge is 0.377 e. The number of aryl methyl sites for hydroxylation is 2.